The molecular formula is C22H27ClN3O2+. The molecule has 0 saturated carbocycles. The van der Waals surface area contributed by atoms with Crippen LogP contribution < -0.4 is 15.1 Å². The molecule has 0 radical (unpaired) electrons. The van der Waals surface area contributed by atoms with Crippen LogP contribution in [-0.4, -0.2) is 43.9 Å². The van der Waals surface area contributed by atoms with Crippen LogP contribution in [0.15, 0.2) is 42.5 Å². The van der Waals surface area contributed by atoms with Crippen molar-refractivity contribution in [2.24, 2.45) is 0 Å². The highest BCUT2D eigenvalue weighted by atomic mass is 35.5. The van der Waals surface area contributed by atoms with Crippen molar-refractivity contribution >= 4 is 34.7 Å². The maximum absolute atomic E-state index is 12.7. The van der Waals surface area contributed by atoms with E-state index in [4.69, 9.17) is 11.6 Å². The molecule has 6 heteroatoms. The van der Waals surface area contributed by atoms with Gasteiger partial charge in [0.25, 0.3) is 5.91 Å². The number of Topliss-reactive ketones (excluding diaryl/α,β-unsaturated/α-hetero) is 1. The first-order valence-electron chi connectivity index (χ1n) is 9.62. The summed E-state index contributed by atoms with van der Waals surface area (Å²) >= 11 is 6.16. The minimum Gasteiger partial charge on any atom is -0.360 e. The van der Waals surface area contributed by atoms with Crippen LogP contribution in [0, 0.1) is 6.92 Å². The van der Waals surface area contributed by atoms with Crippen molar-refractivity contribution in [1.82, 2.24) is 0 Å². The molecule has 28 heavy (non-hydrogen) atoms. The van der Waals surface area contributed by atoms with Gasteiger partial charge >= 0.3 is 0 Å². The molecule has 0 unspecified atom stereocenters. The van der Waals surface area contributed by atoms with Crippen LogP contribution in [-0.2, 0) is 4.79 Å². The van der Waals surface area contributed by atoms with E-state index < -0.39 is 0 Å². The van der Waals surface area contributed by atoms with E-state index in [9.17, 15) is 9.59 Å². The molecule has 1 aliphatic heterocycles. The number of halogens is 1. The van der Waals surface area contributed by atoms with Gasteiger partial charge in [-0.05, 0) is 62.7 Å². The zero-order valence-electron chi connectivity index (χ0n) is 16.6. The zero-order chi connectivity index (χ0) is 20.3. The van der Waals surface area contributed by atoms with Crippen molar-refractivity contribution < 1.29 is 14.5 Å². The number of carbonyl (C=O) groups is 2. The summed E-state index contributed by atoms with van der Waals surface area (Å²) in [6.45, 7) is 9.16. The number of amides is 1. The van der Waals surface area contributed by atoms with Gasteiger partial charge in [0.1, 0.15) is 0 Å². The number of benzene rings is 2. The quantitative estimate of drug-likeness (QED) is 0.758. The second-order valence-electron chi connectivity index (χ2n) is 7.42. The van der Waals surface area contributed by atoms with Gasteiger partial charge in [-0.25, -0.2) is 0 Å². The molecule has 1 heterocycles. The summed E-state index contributed by atoms with van der Waals surface area (Å²) in [5.74, 6) is 0.0152. The van der Waals surface area contributed by atoms with Crippen LogP contribution in [0.2, 0.25) is 5.02 Å². The first kappa shape index (κ1) is 20.4. The standard InChI is InChI=1S/C22H26ClN3O2/c1-15-4-7-19(23)14-21(15)26-12-10-25(11-13-26)16(2)22(28)24-20-8-5-18(6-9-20)17(3)27/h4-9,14,16H,10-13H2,1-3H3,(H,24,28)/p+1/t16-/m1/s1. The molecular weight excluding hydrogens is 374 g/mol. The monoisotopic (exact) mass is 400 g/mol. The smallest absolute Gasteiger partial charge is 0.282 e. The van der Waals surface area contributed by atoms with E-state index in [1.165, 1.54) is 23.1 Å². The van der Waals surface area contributed by atoms with Gasteiger partial charge in [-0.1, -0.05) is 17.7 Å². The number of piperazine rings is 1. The molecule has 1 fully saturated rings. The maximum Gasteiger partial charge on any atom is 0.282 e. The fraction of sp³-hybridized carbons (Fsp3) is 0.364. The fourth-order valence-electron chi connectivity index (χ4n) is 3.62. The summed E-state index contributed by atoms with van der Waals surface area (Å²) in [5, 5.41) is 3.71. The molecule has 148 valence electrons. The highest BCUT2D eigenvalue weighted by Gasteiger charge is 2.29. The van der Waals surface area contributed by atoms with E-state index in [2.05, 4.69) is 17.1 Å². The molecule has 1 amide bonds. The Morgan fingerprint density at radius 1 is 1.11 bits per heavy atom. The predicted molar refractivity (Wildman–Crippen MR) is 114 cm³/mol. The van der Waals surface area contributed by atoms with Crippen LogP contribution in [0.3, 0.4) is 0 Å². The van der Waals surface area contributed by atoms with Gasteiger partial charge in [-0.3, -0.25) is 9.59 Å². The Hall–Kier alpha value is -2.37. The molecule has 0 spiro atoms. The van der Waals surface area contributed by atoms with Gasteiger partial charge < -0.3 is 15.1 Å². The number of nitrogens with one attached hydrogen (secondary N) is 2. The summed E-state index contributed by atoms with van der Waals surface area (Å²) in [4.78, 5) is 27.6. The summed E-state index contributed by atoms with van der Waals surface area (Å²) in [6, 6.07) is 12.9. The van der Waals surface area contributed by atoms with Crippen LogP contribution in [0.25, 0.3) is 0 Å². The van der Waals surface area contributed by atoms with Crippen molar-refractivity contribution in [1.29, 1.82) is 0 Å². The Bertz CT molecular complexity index is 859. The summed E-state index contributed by atoms with van der Waals surface area (Å²) < 4.78 is 0. The number of nitrogens with zero attached hydrogens (tertiary/aromatic N) is 1. The highest BCUT2D eigenvalue weighted by Crippen LogP contribution is 2.24. The Morgan fingerprint density at radius 3 is 2.36 bits per heavy atom. The Kier molecular flexibility index (Phi) is 6.37. The molecule has 3 rings (SSSR count). The third-order valence-corrected chi connectivity index (χ3v) is 5.72. The van der Waals surface area contributed by atoms with Crippen LogP contribution in [0.5, 0.6) is 0 Å². The van der Waals surface area contributed by atoms with Gasteiger partial charge in [0.2, 0.25) is 0 Å². The molecule has 1 saturated heterocycles. The molecule has 0 bridgehead atoms. The van der Waals surface area contributed by atoms with E-state index in [1.54, 1.807) is 24.3 Å². The fourth-order valence-corrected chi connectivity index (χ4v) is 3.78. The van der Waals surface area contributed by atoms with Gasteiger partial charge in [-0.15, -0.1) is 0 Å². The van der Waals surface area contributed by atoms with E-state index >= 15 is 0 Å². The average Bonchev–Trinajstić information content (AvgIpc) is 2.69. The Labute approximate surface area is 171 Å². The average molecular weight is 401 g/mol. The summed E-state index contributed by atoms with van der Waals surface area (Å²) in [5.41, 5.74) is 3.75. The lowest BCUT2D eigenvalue weighted by Gasteiger charge is -2.36. The van der Waals surface area contributed by atoms with Crippen molar-refractivity contribution in [2.75, 3.05) is 36.4 Å². The number of ketones is 1. The van der Waals surface area contributed by atoms with E-state index in [1.807, 2.05) is 25.1 Å². The Balaban J connectivity index is 1.57. The molecule has 2 N–H and O–H groups in total. The van der Waals surface area contributed by atoms with E-state index in [-0.39, 0.29) is 17.7 Å². The summed E-state index contributed by atoms with van der Waals surface area (Å²) in [6.07, 6.45) is 0. The number of hydrogen-bond acceptors (Lipinski definition) is 3. The molecule has 2 aromatic carbocycles. The van der Waals surface area contributed by atoms with Crippen LogP contribution >= 0.6 is 11.6 Å². The number of anilines is 2. The molecule has 0 aromatic heterocycles. The minimum atomic E-state index is -0.143. The predicted octanol–water partition coefficient (Wildman–Crippen LogP) is 2.58. The van der Waals surface area contributed by atoms with Crippen molar-refractivity contribution in [3.63, 3.8) is 0 Å². The lowest BCUT2D eigenvalue weighted by molar-refractivity contribution is -0.914. The second-order valence-corrected chi connectivity index (χ2v) is 7.86. The van der Waals surface area contributed by atoms with E-state index in [0.717, 1.165) is 36.9 Å². The van der Waals surface area contributed by atoms with Crippen molar-refractivity contribution in [2.45, 2.75) is 26.8 Å². The normalized spacial score (nSPS) is 15.9. The molecule has 2 aromatic rings. The maximum atomic E-state index is 12.7. The van der Waals surface area contributed by atoms with Gasteiger partial charge in [0, 0.05) is 22.0 Å². The van der Waals surface area contributed by atoms with Crippen LogP contribution in [0.4, 0.5) is 11.4 Å². The van der Waals surface area contributed by atoms with Crippen molar-refractivity contribution in [3.8, 4) is 0 Å². The van der Waals surface area contributed by atoms with Crippen molar-refractivity contribution in [3.05, 3.63) is 58.6 Å². The summed E-state index contributed by atoms with van der Waals surface area (Å²) in [7, 11) is 0. The number of hydrogen-bond donors (Lipinski definition) is 2. The van der Waals surface area contributed by atoms with Gasteiger partial charge in [-0.2, -0.15) is 0 Å². The minimum absolute atomic E-state index is 0.00189. The SMILES string of the molecule is CC(=O)c1ccc(NC(=O)[C@@H](C)[NH+]2CCN(c3cc(Cl)ccc3C)CC2)cc1. The molecule has 5 nitrogen and oxygen atoms in total. The topological polar surface area (TPSA) is 53.9 Å². The largest absolute Gasteiger partial charge is 0.360 e. The highest BCUT2D eigenvalue weighted by molar-refractivity contribution is 6.30. The first-order chi connectivity index (χ1) is 13.3. The number of quaternary nitrogens is 1. The zero-order valence-corrected chi connectivity index (χ0v) is 17.3. The third-order valence-electron chi connectivity index (χ3n) is 5.48. The first-order valence-corrected chi connectivity index (χ1v) is 10.0. The molecule has 1 aliphatic rings. The van der Waals surface area contributed by atoms with Crippen LogP contribution in [0.1, 0.15) is 29.8 Å². The Morgan fingerprint density at radius 2 is 1.75 bits per heavy atom. The lowest BCUT2D eigenvalue weighted by atomic mass is 10.1. The second kappa shape index (κ2) is 8.76. The van der Waals surface area contributed by atoms with Gasteiger partial charge in [0.05, 0.1) is 26.2 Å². The number of rotatable bonds is 5. The lowest BCUT2D eigenvalue weighted by Crippen LogP contribution is -3.19. The van der Waals surface area contributed by atoms with E-state index in [0.29, 0.717) is 5.56 Å². The third kappa shape index (κ3) is 4.72. The van der Waals surface area contributed by atoms with Gasteiger partial charge in [0.15, 0.2) is 11.8 Å². The number of carbonyl (C=O) groups excluding carboxylic acids is 2. The molecule has 1 atom stereocenters. The number of aryl methyl sites for hydroxylation is 1. The molecule has 0 aliphatic carbocycles.